The van der Waals surface area contributed by atoms with Gasteiger partial charge in [0.25, 0.3) is 0 Å². The van der Waals surface area contributed by atoms with Gasteiger partial charge in [0.1, 0.15) is 5.82 Å². The van der Waals surface area contributed by atoms with Crippen LogP contribution in [-0.4, -0.2) is 20.2 Å². The topological polar surface area (TPSA) is 66.5 Å². The van der Waals surface area contributed by atoms with Crippen LogP contribution in [0, 0.1) is 0 Å². The molecule has 0 unspecified atom stereocenters. The van der Waals surface area contributed by atoms with Crippen molar-refractivity contribution >= 4 is 27.6 Å². The molecular formula is C16H14BrN5. The van der Waals surface area contributed by atoms with Crippen molar-refractivity contribution in [1.29, 1.82) is 0 Å². The third-order valence-corrected chi connectivity index (χ3v) is 4.22. The van der Waals surface area contributed by atoms with Gasteiger partial charge in [0.2, 0.25) is 0 Å². The first-order valence-electron chi connectivity index (χ1n) is 7.20. The fourth-order valence-electron chi connectivity index (χ4n) is 2.31. The molecule has 2 aromatic heterocycles. The Kier molecular flexibility index (Phi) is 3.38. The van der Waals surface area contributed by atoms with Gasteiger partial charge in [-0.1, -0.05) is 30.3 Å². The lowest BCUT2D eigenvalue weighted by atomic mass is 10.2. The number of hydrogen-bond donors (Lipinski definition) is 2. The molecule has 0 spiro atoms. The van der Waals surface area contributed by atoms with Gasteiger partial charge in [-0.15, -0.1) is 0 Å². The van der Waals surface area contributed by atoms with Gasteiger partial charge in [0.15, 0.2) is 11.6 Å². The minimum atomic E-state index is 0.650. The second-order valence-electron chi connectivity index (χ2n) is 5.36. The highest BCUT2D eigenvalue weighted by molar-refractivity contribution is 9.10. The van der Waals surface area contributed by atoms with Crippen molar-refractivity contribution in [2.24, 2.45) is 0 Å². The van der Waals surface area contributed by atoms with Gasteiger partial charge in [-0.2, -0.15) is 5.10 Å². The van der Waals surface area contributed by atoms with Crippen LogP contribution in [0.25, 0.3) is 11.4 Å². The number of halogens is 1. The summed E-state index contributed by atoms with van der Waals surface area (Å²) in [7, 11) is 0. The van der Waals surface area contributed by atoms with E-state index < -0.39 is 0 Å². The Morgan fingerprint density at radius 2 is 2.00 bits per heavy atom. The van der Waals surface area contributed by atoms with Gasteiger partial charge < -0.3 is 5.32 Å². The largest absolute Gasteiger partial charge is 0.322 e. The average molecular weight is 356 g/mol. The number of aromatic amines is 1. The summed E-state index contributed by atoms with van der Waals surface area (Å²) in [6, 6.07) is 12.0. The van der Waals surface area contributed by atoms with Gasteiger partial charge >= 0.3 is 0 Å². The second kappa shape index (κ2) is 5.53. The highest BCUT2D eigenvalue weighted by atomic mass is 79.9. The van der Waals surface area contributed by atoms with Gasteiger partial charge in [0, 0.05) is 29.4 Å². The summed E-state index contributed by atoms with van der Waals surface area (Å²) in [5, 5.41) is 10.6. The molecule has 1 aliphatic rings. The van der Waals surface area contributed by atoms with Crippen molar-refractivity contribution in [1.82, 2.24) is 20.2 Å². The van der Waals surface area contributed by atoms with E-state index in [1.807, 2.05) is 30.3 Å². The molecular weight excluding hydrogens is 342 g/mol. The van der Waals surface area contributed by atoms with Crippen molar-refractivity contribution in [2.75, 3.05) is 5.32 Å². The Bertz CT molecular complexity index is 795. The molecule has 1 saturated carbocycles. The minimum Gasteiger partial charge on any atom is -0.322 e. The maximum atomic E-state index is 4.58. The molecule has 0 atom stereocenters. The van der Waals surface area contributed by atoms with E-state index in [0.717, 1.165) is 15.9 Å². The van der Waals surface area contributed by atoms with Crippen LogP contribution >= 0.6 is 15.9 Å². The lowest BCUT2D eigenvalue weighted by molar-refractivity contribution is 0.966. The lowest BCUT2D eigenvalue weighted by Crippen LogP contribution is -1.98. The molecule has 110 valence electrons. The molecule has 1 aromatic carbocycles. The van der Waals surface area contributed by atoms with Crippen molar-refractivity contribution in [3.8, 4) is 11.4 Å². The van der Waals surface area contributed by atoms with E-state index in [-0.39, 0.29) is 0 Å². The Hall–Kier alpha value is -2.21. The third-order valence-electron chi connectivity index (χ3n) is 3.64. The summed E-state index contributed by atoms with van der Waals surface area (Å²) in [5.41, 5.74) is 2.18. The normalized spacial score (nSPS) is 14.0. The molecule has 1 fully saturated rings. The molecule has 2 heterocycles. The maximum absolute atomic E-state index is 4.58. The Balaban J connectivity index is 1.62. The summed E-state index contributed by atoms with van der Waals surface area (Å²) in [4.78, 5) is 8.95. The van der Waals surface area contributed by atoms with Crippen LogP contribution in [0.1, 0.15) is 24.5 Å². The van der Waals surface area contributed by atoms with Gasteiger partial charge in [-0.25, -0.2) is 9.97 Å². The maximum Gasteiger partial charge on any atom is 0.161 e. The summed E-state index contributed by atoms with van der Waals surface area (Å²) >= 11 is 3.48. The van der Waals surface area contributed by atoms with Gasteiger partial charge in [0.05, 0.1) is 4.47 Å². The first-order chi connectivity index (χ1) is 10.8. The molecule has 0 saturated heterocycles. The highest BCUT2D eigenvalue weighted by Crippen LogP contribution is 2.39. The number of nitrogens with zero attached hydrogens (tertiary/aromatic N) is 3. The van der Waals surface area contributed by atoms with Crippen LogP contribution in [0.3, 0.4) is 0 Å². The zero-order valence-electron chi connectivity index (χ0n) is 11.8. The fourth-order valence-corrected chi connectivity index (χ4v) is 2.60. The summed E-state index contributed by atoms with van der Waals surface area (Å²) in [6.45, 7) is 0. The molecule has 0 amide bonds. The summed E-state index contributed by atoms with van der Waals surface area (Å²) < 4.78 is 0.808. The van der Waals surface area contributed by atoms with Gasteiger partial charge in [-0.3, -0.25) is 5.10 Å². The number of H-pyrrole nitrogens is 1. The molecule has 0 radical (unpaired) electrons. The zero-order valence-corrected chi connectivity index (χ0v) is 13.3. The van der Waals surface area contributed by atoms with E-state index >= 15 is 0 Å². The highest BCUT2D eigenvalue weighted by Gasteiger charge is 2.25. The zero-order chi connectivity index (χ0) is 14.9. The molecule has 3 aromatic rings. The summed E-state index contributed by atoms with van der Waals surface area (Å²) in [6.07, 6.45) is 4.25. The number of nitrogens with one attached hydrogen (secondary N) is 2. The van der Waals surface area contributed by atoms with E-state index in [1.165, 1.54) is 18.5 Å². The Morgan fingerprint density at radius 1 is 1.18 bits per heavy atom. The monoisotopic (exact) mass is 355 g/mol. The molecule has 5 nitrogen and oxygen atoms in total. The molecule has 6 heteroatoms. The van der Waals surface area contributed by atoms with E-state index in [4.69, 9.17) is 0 Å². The predicted molar refractivity (Wildman–Crippen MR) is 89.0 cm³/mol. The van der Waals surface area contributed by atoms with Crippen molar-refractivity contribution < 1.29 is 0 Å². The molecule has 4 rings (SSSR count). The Morgan fingerprint density at radius 3 is 2.77 bits per heavy atom. The number of aromatic nitrogens is 4. The smallest absolute Gasteiger partial charge is 0.161 e. The van der Waals surface area contributed by atoms with Crippen LogP contribution in [0.5, 0.6) is 0 Å². The first-order valence-corrected chi connectivity index (χ1v) is 7.99. The Labute approximate surface area is 136 Å². The number of anilines is 2. The number of hydrogen-bond acceptors (Lipinski definition) is 4. The molecule has 0 aliphatic heterocycles. The van der Waals surface area contributed by atoms with E-state index in [1.54, 1.807) is 6.20 Å². The van der Waals surface area contributed by atoms with E-state index in [9.17, 15) is 0 Å². The van der Waals surface area contributed by atoms with Crippen LogP contribution < -0.4 is 5.32 Å². The number of rotatable bonds is 4. The van der Waals surface area contributed by atoms with Crippen LogP contribution in [0.2, 0.25) is 0 Å². The van der Waals surface area contributed by atoms with Crippen LogP contribution in [0.15, 0.2) is 47.1 Å². The second-order valence-corrected chi connectivity index (χ2v) is 6.22. The van der Waals surface area contributed by atoms with Gasteiger partial charge in [-0.05, 0) is 28.8 Å². The SMILES string of the molecule is Brc1cnc(-c2ccccc2)nc1Nc1cc(C2CC2)[nH]n1. The van der Waals surface area contributed by atoms with Crippen molar-refractivity contribution in [3.05, 3.63) is 52.8 Å². The quantitative estimate of drug-likeness (QED) is 0.733. The first kappa shape index (κ1) is 13.5. The molecule has 1 aliphatic carbocycles. The summed E-state index contributed by atoms with van der Waals surface area (Å²) in [5.74, 6) is 2.82. The molecule has 2 N–H and O–H groups in total. The average Bonchev–Trinajstić information content (AvgIpc) is 3.30. The van der Waals surface area contributed by atoms with Crippen LogP contribution in [-0.2, 0) is 0 Å². The third kappa shape index (κ3) is 2.74. The standard InChI is InChI=1S/C16H14BrN5/c17-12-9-18-15(11-4-2-1-3-5-11)20-16(12)19-14-8-13(21-22-14)10-6-7-10/h1-5,8-10H,6-7H2,(H2,18,19,20,21,22). The predicted octanol–water partition coefficient (Wildman–Crippen LogP) is 4.25. The number of benzene rings is 1. The fraction of sp³-hybridized carbons (Fsp3) is 0.188. The van der Waals surface area contributed by atoms with Crippen molar-refractivity contribution in [3.63, 3.8) is 0 Å². The molecule has 22 heavy (non-hydrogen) atoms. The molecule has 0 bridgehead atoms. The van der Waals surface area contributed by atoms with E-state index in [2.05, 4.69) is 47.5 Å². The van der Waals surface area contributed by atoms with Crippen molar-refractivity contribution in [2.45, 2.75) is 18.8 Å². The van der Waals surface area contributed by atoms with Crippen LogP contribution in [0.4, 0.5) is 11.6 Å². The minimum absolute atomic E-state index is 0.650. The van der Waals surface area contributed by atoms with E-state index in [0.29, 0.717) is 17.6 Å². The lowest BCUT2D eigenvalue weighted by Gasteiger charge is -2.07.